The van der Waals surface area contributed by atoms with Gasteiger partial charge in [-0.15, -0.1) is 0 Å². The van der Waals surface area contributed by atoms with E-state index in [0.717, 1.165) is 6.54 Å². The first-order valence-corrected chi connectivity index (χ1v) is 7.64. The van der Waals surface area contributed by atoms with Gasteiger partial charge < -0.3 is 24.4 Å². The fourth-order valence-corrected chi connectivity index (χ4v) is 3.44. The van der Waals surface area contributed by atoms with Gasteiger partial charge in [-0.05, 0) is 32.5 Å². The van der Waals surface area contributed by atoms with E-state index in [1.807, 2.05) is 31.7 Å². The largest absolute Gasteiger partial charge is 0.482 e. The zero-order valence-corrected chi connectivity index (χ0v) is 13.2. The molecular weight excluding hydrogens is 286 g/mol. The zero-order valence-electron chi connectivity index (χ0n) is 13.2. The van der Waals surface area contributed by atoms with Gasteiger partial charge in [-0.2, -0.15) is 0 Å². The van der Waals surface area contributed by atoms with Crippen molar-refractivity contribution in [3.05, 3.63) is 17.7 Å². The second kappa shape index (κ2) is 5.61. The van der Waals surface area contributed by atoms with Crippen LogP contribution in [-0.2, 0) is 0 Å². The topological polar surface area (TPSA) is 71.4 Å². The van der Waals surface area contributed by atoms with Crippen molar-refractivity contribution in [3.63, 3.8) is 0 Å². The van der Waals surface area contributed by atoms with Crippen LogP contribution in [0.5, 0.6) is 17.2 Å². The van der Waals surface area contributed by atoms with E-state index in [1.165, 1.54) is 0 Å². The maximum absolute atomic E-state index is 10.9. The monoisotopic (exact) mass is 309 g/mol. The fourth-order valence-electron chi connectivity index (χ4n) is 3.44. The highest BCUT2D eigenvalue weighted by molar-refractivity contribution is 5.59. The van der Waals surface area contributed by atoms with Crippen molar-refractivity contribution in [2.45, 2.75) is 38.5 Å². The van der Waals surface area contributed by atoms with Gasteiger partial charge in [-0.1, -0.05) is 6.92 Å². The van der Waals surface area contributed by atoms with Gasteiger partial charge in [0.25, 0.3) is 0 Å². The standard InChI is InChI=1S/C16H23NO5/c1-4-17(7-8-18)15-12(19)10-5-6-11-14(21-9-20-11)13(10)22-16(15,2)3/h5-6,12,15,18-19H,4,7-9H2,1-3H3. The molecule has 0 spiro atoms. The average molecular weight is 309 g/mol. The molecule has 22 heavy (non-hydrogen) atoms. The summed E-state index contributed by atoms with van der Waals surface area (Å²) in [5, 5.41) is 20.2. The molecular formula is C16H23NO5. The number of aliphatic hydroxyl groups excluding tert-OH is 2. The molecule has 2 heterocycles. The summed E-state index contributed by atoms with van der Waals surface area (Å²) >= 11 is 0. The lowest BCUT2D eigenvalue weighted by atomic mass is 9.84. The van der Waals surface area contributed by atoms with Crippen molar-refractivity contribution in [2.75, 3.05) is 26.5 Å². The van der Waals surface area contributed by atoms with Crippen LogP contribution in [0.4, 0.5) is 0 Å². The zero-order chi connectivity index (χ0) is 15.9. The molecule has 0 saturated heterocycles. The lowest BCUT2D eigenvalue weighted by Crippen LogP contribution is -2.58. The van der Waals surface area contributed by atoms with Gasteiger partial charge in [0.2, 0.25) is 12.5 Å². The lowest BCUT2D eigenvalue weighted by molar-refractivity contribution is -0.0850. The Morgan fingerprint density at radius 3 is 2.73 bits per heavy atom. The Kier molecular flexibility index (Phi) is 3.92. The lowest BCUT2D eigenvalue weighted by Gasteiger charge is -2.47. The Bertz CT molecular complexity index is 560. The van der Waals surface area contributed by atoms with Crippen LogP contribution in [-0.4, -0.2) is 53.2 Å². The first kappa shape index (κ1) is 15.4. The molecule has 3 rings (SSSR count). The van der Waals surface area contributed by atoms with Gasteiger partial charge in [0.15, 0.2) is 11.5 Å². The SMILES string of the molecule is CCN(CCO)C1C(O)c2ccc3c(c2OC1(C)C)OCO3. The van der Waals surface area contributed by atoms with Crippen LogP contribution in [0.3, 0.4) is 0 Å². The summed E-state index contributed by atoms with van der Waals surface area (Å²) in [6.07, 6.45) is -0.722. The highest BCUT2D eigenvalue weighted by Crippen LogP contribution is 2.51. The first-order chi connectivity index (χ1) is 10.5. The van der Waals surface area contributed by atoms with E-state index < -0.39 is 11.7 Å². The van der Waals surface area contributed by atoms with Crippen molar-refractivity contribution >= 4 is 0 Å². The summed E-state index contributed by atoms with van der Waals surface area (Å²) in [5.41, 5.74) is 0.0727. The first-order valence-electron chi connectivity index (χ1n) is 7.64. The Morgan fingerprint density at radius 1 is 1.27 bits per heavy atom. The van der Waals surface area contributed by atoms with E-state index in [1.54, 1.807) is 6.07 Å². The van der Waals surface area contributed by atoms with E-state index in [2.05, 4.69) is 0 Å². The third kappa shape index (κ3) is 2.31. The maximum Gasteiger partial charge on any atom is 0.231 e. The Labute approximate surface area is 130 Å². The number of aliphatic hydroxyl groups is 2. The molecule has 2 atom stereocenters. The highest BCUT2D eigenvalue weighted by atomic mass is 16.7. The Morgan fingerprint density at radius 2 is 2.05 bits per heavy atom. The molecule has 1 aromatic carbocycles. The molecule has 2 aliphatic heterocycles. The number of fused-ring (bicyclic) bond motifs is 3. The number of hydrogen-bond donors (Lipinski definition) is 2. The number of hydrogen-bond acceptors (Lipinski definition) is 6. The third-order valence-corrected chi connectivity index (χ3v) is 4.41. The minimum absolute atomic E-state index is 0.0428. The normalized spacial score (nSPS) is 25.0. The van der Waals surface area contributed by atoms with Crippen LogP contribution >= 0.6 is 0 Å². The molecule has 6 heteroatoms. The molecule has 0 saturated carbocycles. The minimum atomic E-state index is -0.722. The van der Waals surface area contributed by atoms with Crippen molar-refractivity contribution in [3.8, 4) is 17.2 Å². The Hall–Kier alpha value is -1.50. The molecule has 0 fully saturated rings. The third-order valence-electron chi connectivity index (χ3n) is 4.41. The number of rotatable bonds is 4. The van der Waals surface area contributed by atoms with E-state index in [0.29, 0.717) is 29.4 Å². The molecule has 0 bridgehead atoms. The van der Waals surface area contributed by atoms with Gasteiger partial charge in [0.1, 0.15) is 11.7 Å². The maximum atomic E-state index is 10.9. The molecule has 6 nitrogen and oxygen atoms in total. The van der Waals surface area contributed by atoms with Crippen LogP contribution in [0.2, 0.25) is 0 Å². The fraction of sp³-hybridized carbons (Fsp3) is 0.625. The van der Waals surface area contributed by atoms with Crippen LogP contribution in [0.15, 0.2) is 12.1 Å². The molecule has 0 amide bonds. The molecule has 1 aromatic rings. The smallest absolute Gasteiger partial charge is 0.231 e. The summed E-state index contributed by atoms with van der Waals surface area (Å²) in [5.74, 6) is 1.76. The predicted molar refractivity (Wildman–Crippen MR) is 80.4 cm³/mol. The molecule has 0 aliphatic carbocycles. The van der Waals surface area contributed by atoms with E-state index in [4.69, 9.17) is 14.2 Å². The number of likely N-dealkylation sites (N-methyl/N-ethyl adjacent to an activating group) is 1. The van der Waals surface area contributed by atoms with E-state index in [9.17, 15) is 10.2 Å². The molecule has 2 unspecified atom stereocenters. The quantitative estimate of drug-likeness (QED) is 0.873. The summed E-state index contributed by atoms with van der Waals surface area (Å²) in [6.45, 7) is 7.31. The van der Waals surface area contributed by atoms with Gasteiger partial charge in [-0.3, -0.25) is 4.90 Å². The highest BCUT2D eigenvalue weighted by Gasteiger charge is 2.47. The molecule has 122 valence electrons. The number of ether oxygens (including phenoxy) is 3. The van der Waals surface area contributed by atoms with Crippen LogP contribution in [0.1, 0.15) is 32.4 Å². The van der Waals surface area contributed by atoms with Crippen molar-refractivity contribution in [1.29, 1.82) is 0 Å². The van der Waals surface area contributed by atoms with Crippen LogP contribution in [0.25, 0.3) is 0 Å². The van der Waals surface area contributed by atoms with Crippen molar-refractivity contribution in [1.82, 2.24) is 4.90 Å². The van der Waals surface area contributed by atoms with Crippen molar-refractivity contribution < 1.29 is 24.4 Å². The number of nitrogens with zero attached hydrogens (tertiary/aromatic N) is 1. The van der Waals surface area contributed by atoms with Gasteiger partial charge in [0.05, 0.1) is 12.6 Å². The second-order valence-electron chi connectivity index (χ2n) is 6.17. The molecule has 2 N–H and O–H groups in total. The summed E-state index contributed by atoms with van der Waals surface area (Å²) in [7, 11) is 0. The predicted octanol–water partition coefficient (Wildman–Crippen LogP) is 1.30. The number of benzene rings is 1. The Balaban J connectivity index is 2.03. The average Bonchev–Trinajstić information content (AvgIpc) is 2.94. The summed E-state index contributed by atoms with van der Waals surface area (Å²) in [6, 6.07) is 3.37. The van der Waals surface area contributed by atoms with Crippen molar-refractivity contribution in [2.24, 2.45) is 0 Å². The van der Waals surface area contributed by atoms with E-state index >= 15 is 0 Å². The van der Waals surface area contributed by atoms with Crippen LogP contribution in [0, 0.1) is 0 Å². The molecule has 0 aromatic heterocycles. The summed E-state index contributed by atoms with van der Waals surface area (Å²) in [4.78, 5) is 2.04. The van der Waals surface area contributed by atoms with Gasteiger partial charge >= 0.3 is 0 Å². The van der Waals surface area contributed by atoms with Gasteiger partial charge in [-0.25, -0.2) is 0 Å². The second-order valence-corrected chi connectivity index (χ2v) is 6.17. The van der Waals surface area contributed by atoms with Crippen LogP contribution < -0.4 is 14.2 Å². The summed E-state index contributed by atoms with van der Waals surface area (Å²) < 4.78 is 17.1. The molecule has 0 radical (unpaired) electrons. The van der Waals surface area contributed by atoms with E-state index in [-0.39, 0.29) is 19.4 Å². The van der Waals surface area contributed by atoms with Gasteiger partial charge in [0, 0.05) is 12.1 Å². The molecule has 2 aliphatic rings. The minimum Gasteiger partial charge on any atom is -0.482 e.